The van der Waals surface area contributed by atoms with E-state index >= 15 is 0 Å². The second-order valence-electron chi connectivity index (χ2n) is 7.56. The largest absolute Gasteiger partial charge is 0.490 e. The fraction of sp³-hybridized carbons (Fsp3) is 0.556. The minimum atomic E-state index is -0.518. The SMILES string of the molecule is CC(C)(C)OC(=O)N1CCN2Cc3cc(C=O)c(Br)c(Cl)c3OC[C@H]2C1. The average molecular weight is 446 g/mol. The van der Waals surface area contributed by atoms with E-state index in [2.05, 4.69) is 20.8 Å². The van der Waals surface area contributed by atoms with Gasteiger partial charge in [-0.3, -0.25) is 9.69 Å². The highest BCUT2D eigenvalue weighted by molar-refractivity contribution is 9.10. The number of carbonyl (C=O) groups excluding carboxylic acids is 2. The number of nitrogens with zero attached hydrogens (tertiary/aromatic N) is 2. The van der Waals surface area contributed by atoms with Crippen LogP contribution in [0.25, 0.3) is 0 Å². The van der Waals surface area contributed by atoms with Gasteiger partial charge in [-0.25, -0.2) is 4.79 Å². The Labute approximate surface area is 166 Å². The summed E-state index contributed by atoms with van der Waals surface area (Å²) in [6, 6.07) is 1.85. The summed E-state index contributed by atoms with van der Waals surface area (Å²) >= 11 is 9.73. The van der Waals surface area contributed by atoms with Crippen molar-refractivity contribution in [3.8, 4) is 5.75 Å². The molecule has 0 N–H and O–H groups in total. The summed E-state index contributed by atoms with van der Waals surface area (Å²) in [5.74, 6) is 0.599. The van der Waals surface area contributed by atoms with Crippen LogP contribution in [-0.2, 0) is 11.3 Å². The number of halogens is 2. The molecular weight excluding hydrogens is 424 g/mol. The molecule has 1 fully saturated rings. The lowest BCUT2D eigenvalue weighted by atomic mass is 10.1. The van der Waals surface area contributed by atoms with Crippen LogP contribution in [-0.4, -0.2) is 60.1 Å². The van der Waals surface area contributed by atoms with E-state index in [9.17, 15) is 9.59 Å². The van der Waals surface area contributed by atoms with Gasteiger partial charge in [-0.1, -0.05) is 11.6 Å². The molecule has 6 nitrogen and oxygen atoms in total. The van der Waals surface area contributed by atoms with Crippen molar-refractivity contribution in [3.63, 3.8) is 0 Å². The number of piperazine rings is 1. The maximum absolute atomic E-state index is 12.4. The predicted molar refractivity (Wildman–Crippen MR) is 102 cm³/mol. The molecule has 3 rings (SSSR count). The number of carbonyl (C=O) groups is 2. The highest BCUT2D eigenvalue weighted by Crippen LogP contribution is 2.40. The number of rotatable bonds is 1. The van der Waals surface area contributed by atoms with Crippen molar-refractivity contribution >= 4 is 39.9 Å². The van der Waals surface area contributed by atoms with Crippen LogP contribution in [0, 0.1) is 0 Å². The van der Waals surface area contributed by atoms with Crippen LogP contribution in [0.4, 0.5) is 4.79 Å². The Kier molecular flexibility index (Phi) is 5.51. The van der Waals surface area contributed by atoms with Gasteiger partial charge in [0.1, 0.15) is 18.0 Å². The molecule has 1 atom stereocenters. The Balaban J connectivity index is 1.77. The summed E-state index contributed by atoms with van der Waals surface area (Å²) in [6.07, 6.45) is 0.474. The Morgan fingerprint density at radius 1 is 1.42 bits per heavy atom. The third-order valence-corrected chi connectivity index (χ3v) is 5.89. The second kappa shape index (κ2) is 7.37. The Bertz CT molecular complexity index is 735. The summed E-state index contributed by atoms with van der Waals surface area (Å²) in [6.45, 7) is 8.44. The van der Waals surface area contributed by atoms with Gasteiger partial charge in [-0.2, -0.15) is 0 Å². The topological polar surface area (TPSA) is 59.1 Å². The Morgan fingerprint density at radius 2 is 2.15 bits per heavy atom. The van der Waals surface area contributed by atoms with Crippen LogP contribution in [0.5, 0.6) is 5.75 Å². The second-order valence-corrected chi connectivity index (χ2v) is 8.73. The number of aldehydes is 1. The number of hydrogen-bond donors (Lipinski definition) is 0. The van der Waals surface area contributed by atoms with E-state index in [0.29, 0.717) is 53.6 Å². The smallest absolute Gasteiger partial charge is 0.410 e. The molecule has 0 unspecified atom stereocenters. The molecule has 1 aromatic carbocycles. The summed E-state index contributed by atoms with van der Waals surface area (Å²) in [4.78, 5) is 27.6. The molecule has 1 aromatic rings. The first-order valence-electron chi connectivity index (χ1n) is 8.50. The van der Waals surface area contributed by atoms with Gasteiger partial charge < -0.3 is 14.4 Å². The fourth-order valence-electron chi connectivity index (χ4n) is 3.19. The van der Waals surface area contributed by atoms with Crippen LogP contribution >= 0.6 is 27.5 Å². The number of hydrogen-bond acceptors (Lipinski definition) is 5. The molecule has 0 aromatic heterocycles. The lowest BCUT2D eigenvalue weighted by Gasteiger charge is -2.40. The third-order valence-electron chi connectivity index (χ3n) is 4.44. The van der Waals surface area contributed by atoms with E-state index in [1.54, 1.807) is 11.0 Å². The van der Waals surface area contributed by atoms with Gasteiger partial charge >= 0.3 is 6.09 Å². The molecule has 1 saturated heterocycles. The quantitative estimate of drug-likeness (QED) is 0.617. The van der Waals surface area contributed by atoms with Gasteiger partial charge in [-0.05, 0) is 42.8 Å². The summed E-state index contributed by atoms with van der Waals surface area (Å²) < 4.78 is 12.0. The Hall–Kier alpha value is -1.31. The van der Waals surface area contributed by atoms with Gasteiger partial charge in [0.05, 0.1) is 15.5 Å². The van der Waals surface area contributed by atoms with Crippen LogP contribution in [0.1, 0.15) is 36.7 Å². The zero-order valence-corrected chi connectivity index (χ0v) is 17.4. The van der Waals surface area contributed by atoms with Crippen molar-refractivity contribution in [2.45, 2.75) is 39.0 Å². The van der Waals surface area contributed by atoms with Crippen LogP contribution < -0.4 is 4.74 Å². The monoisotopic (exact) mass is 444 g/mol. The Morgan fingerprint density at radius 3 is 2.81 bits per heavy atom. The van der Waals surface area contributed by atoms with Crippen molar-refractivity contribution in [2.24, 2.45) is 0 Å². The predicted octanol–water partition coefficient (Wildman–Crippen LogP) is 3.73. The first kappa shape index (κ1) is 19.5. The minimum absolute atomic E-state index is 0.0400. The maximum Gasteiger partial charge on any atom is 0.410 e. The molecule has 0 spiro atoms. The first-order valence-corrected chi connectivity index (χ1v) is 9.67. The highest BCUT2D eigenvalue weighted by atomic mass is 79.9. The number of fused-ring (bicyclic) bond motifs is 2. The number of ether oxygens (including phenoxy) is 2. The molecule has 0 bridgehead atoms. The molecular formula is C18H22BrClN2O4. The molecule has 1 amide bonds. The normalized spacial score (nSPS) is 20.5. The third kappa shape index (κ3) is 4.00. The van der Waals surface area contributed by atoms with Crippen LogP contribution in [0.3, 0.4) is 0 Å². The summed E-state index contributed by atoms with van der Waals surface area (Å²) in [5, 5.41) is 0.411. The number of benzene rings is 1. The van der Waals surface area contributed by atoms with Crippen LogP contribution in [0.2, 0.25) is 5.02 Å². The lowest BCUT2D eigenvalue weighted by Crippen LogP contribution is -2.56. The van der Waals surface area contributed by atoms with Gasteiger partial charge in [0.2, 0.25) is 0 Å². The van der Waals surface area contributed by atoms with Gasteiger partial charge in [-0.15, -0.1) is 0 Å². The molecule has 8 heteroatoms. The van der Waals surface area contributed by atoms with Crippen molar-refractivity contribution < 1.29 is 19.1 Å². The van der Waals surface area contributed by atoms with E-state index < -0.39 is 5.60 Å². The van der Waals surface area contributed by atoms with Crippen molar-refractivity contribution in [1.82, 2.24) is 9.80 Å². The molecule has 2 aliphatic heterocycles. The fourth-order valence-corrected chi connectivity index (χ4v) is 3.87. The van der Waals surface area contributed by atoms with E-state index in [-0.39, 0.29) is 12.1 Å². The molecule has 0 aliphatic carbocycles. The maximum atomic E-state index is 12.4. The minimum Gasteiger partial charge on any atom is -0.490 e. The van der Waals surface area contributed by atoms with E-state index in [1.165, 1.54) is 0 Å². The van der Waals surface area contributed by atoms with E-state index in [1.807, 2.05) is 20.8 Å². The standard InChI is InChI=1S/C18H22BrClN2O4/c1-18(2,3)26-17(24)22-5-4-21-7-11-6-12(9-23)14(19)15(20)16(11)25-10-13(21)8-22/h6,9,13H,4-5,7-8,10H2,1-3H3/t13-/m1/s1. The zero-order chi connectivity index (χ0) is 19.1. The lowest BCUT2D eigenvalue weighted by molar-refractivity contribution is -0.00154. The average Bonchev–Trinajstić information content (AvgIpc) is 2.75. The molecule has 2 heterocycles. The van der Waals surface area contributed by atoms with E-state index in [4.69, 9.17) is 21.1 Å². The molecule has 142 valence electrons. The van der Waals surface area contributed by atoms with Gasteiger partial charge in [0, 0.05) is 37.3 Å². The first-order chi connectivity index (χ1) is 12.2. The van der Waals surface area contributed by atoms with Crippen molar-refractivity contribution in [3.05, 3.63) is 26.7 Å². The van der Waals surface area contributed by atoms with Crippen molar-refractivity contribution in [1.29, 1.82) is 0 Å². The zero-order valence-electron chi connectivity index (χ0n) is 15.1. The van der Waals surface area contributed by atoms with Gasteiger partial charge in [0.25, 0.3) is 0 Å². The molecule has 2 aliphatic rings. The van der Waals surface area contributed by atoms with Gasteiger partial charge in [0.15, 0.2) is 6.29 Å². The number of amides is 1. The summed E-state index contributed by atoms with van der Waals surface area (Å²) in [5.41, 5.74) is 0.867. The molecule has 26 heavy (non-hydrogen) atoms. The molecule has 0 saturated carbocycles. The van der Waals surface area contributed by atoms with E-state index in [0.717, 1.165) is 11.8 Å². The van der Waals surface area contributed by atoms with Crippen molar-refractivity contribution in [2.75, 3.05) is 26.2 Å². The highest BCUT2D eigenvalue weighted by Gasteiger charge is 2.35. The van der Waals surface area contributed by atoms with Crippen LogP contribution in [0.15, 0.2) is 10.5 Å². The molecule has 0 radical (unpaired) electrons. The summed E-state index contributed by atoms with van der Waals surface area (Å²) in [7, 11) is 0.